The van der Waals surface area contributed by atoms with Gasteiger partial charge in [-0.15, -0.1) is 0 Å². The molecule has 1 amide bonds. The maximum atomic E-state index is 13.5. The maximum Gasteiger partial charge on any atom is 0.257 e. The summed E-state index contributed by atoms with van der Waals surface area (Å²) in [5.74, 6) is -1.90. The van der Waals surface area contributed by atoms with E-state index in [1.54, 1.807) is 0 Å². The third-order valence-electron chi connectivity index (χ3n) is 2.37. The van der Waals surface area contributed by atoms with Crippen molar-refractivity contribution in [3.8, 4) is 0 Å². The van der Waals surface area contributed by atoms with Crippen molar-refractivity contribution in [2.24, 2.45) is 0 Å². The fourth-order valence-corrected chi connectivity index (χ4v) is 1.88. The van der Waals surface area contributed by atoms with E-state index in [2.05, 4.69) is 15.9 Å². The molecule has 0 aliphatic rings. The first-order valence-electron chi connectivity index (χ1n) is 5.39. The van der Waals surface area contributed by atoms with Crippen molar-refractivity contribution < 1.29 is 18.3 Å². The summed E-state index contributed by atoms with van der Waals surface area (Å²) < 4.78 is 31.4. The second-order valence-corrected chi connectivity index (χ2v) is 4.39. The smallest absolute Gasteiger partial charge is 0.257 e. The Morgan fingerprint density at radius 1 is 1.39 bits per heavy atom. The van der Waals surface area contributed by atoms with Crippen molar-refractivity contribution in [3.05, 3.63) is 35.4 Å². The highest BCUT2D eigenvalue weighted by Crippen LogP contribution is 2.12. The molecule has 0 radical (unpaired) electrons. The summed E-state index contributed by atoms with van der Waals surface area (Å²) in [6.07, 6.45) is 0. The van der Waals surface area contributed by atoms with E-state index in [0.29, 0.717) is 25.0 Å². The molecule has 0 saturated carbocycles. The molecule has 0 saturated heterocycles. The lowest BCUT2D eigenvalue weighted by molar-refractivity contribution is 0.0704. The van der Waals surface area contributed by atoms with Crippen LogP contribution in [0.25, 0.3) is 0 Å². The summed E-state index contributed by atoms with van der Waals surface area (Å²) in [6.45, 7) is 1.07. The molecule has 1 rings (SSSR count). The van der Waals surface area contributed by atoms with Crippen LogP contribution in [-0.2, 0) is 4.74 Å². The van der Waals surface area contributed by atoms with E-state index in [1.165, 1.54) is 12.0 Å². The molecule has 0 spiro atoms. The van der Waals surface area contributed by atoms with Gasteiger partial charge in [0.1, 0.15) is 11.6 Å². The first kappa shape index (κ1) is 15.0. The number of halogens is 3. The number of methoxy groups -OCH3 is 1. The van der Waals surface area contributed by atoms with Crippen molar-refractivity contribution in [1.82, 2.24) is 4.90 Å². The van der Waals surface area contributed by atoms with Crippen LogP contribution in [0.3, 0.4) is 0 Å². The Morgan fingerprint density at radius 3 is 2.72 bits per heavy atom. The number of hydrogen-bond donors (Lipinski definition) is 0. The number of nitrogens with zero attached hydrogens (tertiary/aromatic N) is 1. The molecule has 100 valence electrons. The highest BCUT2D eigenvalue weighted by molar-refractivity contribution is 9.09. The molecule has 0 aromatic heterocycles. The SMILES string of the molecule is COCCN(CCBr)C(=O)c1cc(F)ccc1F. The highest BCUT2D eigenvalue weighted by Gasteiger charge is 2.19. The molecule has 0 aliphatic heterocycles. The van der Waals surface area contributed by atoms with Crippen LogP contribution in [-0.4, -0.2) is 42.9 Å². The fourth-order valence-electron chi connectivity index (χ4n) is 1.45. The van der Waals surface area contributed by atoms with Gasteiger partial charge in [0.2, 0.25) is 0 Å². The topological polar surface area (TPSA) is 29.5 Å². The van der Waals surface area contributed by atoms with Crippen LogP contribution in [0.2, 0.25) is 0 Å². The van der Waals surface area contributed by atoms with E-state index in [0.717, 1.165) is 18.2 Å². The van der Waals surface area contributed by atoms with E-state index in [4.69, 9.17) is 4.74 Å². The summed E-state index contributed by atoms with van der Waals surface area (Å²) in [5, 5.41) is 0.555. The van der Waals surface area contributed by atoms with Gasteiger partial charge in [-0.05, 0) is 18.2 Å². The van der Waals surface area contributed by atoms with E-state index >= 15 is 0 Å². The molecule has 3 nitrogen and oxygen atoms in total. The summed E-state index contributed by atoms with van der Waals surface area (Å²) in [5.41, 5.74) is -0.257. The molecule has 0 unspecified atom stereocenters. The Labute approximate surface area is 113 Å². The van der Waals surface area contributed by atoms with Crippen LogP contribution in [0, 0.1) is 11.6 Å². The van der Waals surface area contributed by atoms with Gasteiger partial charge in [0.25, 0.3) is 5.91 Å². The van der Waals surface area contributed by atoms with Crippen LogP contribution < -0.4 is 0 Å². The van der Waals surface area contributed by atoms with Gasteiger partial charge in [-0.1, -0.05) is 15.9 Å². The largest absolute Gasteiger partial charge is 0.383 e. The highest BCUT2D eigenvalue weighted by atomic mass is 79.9. The lowest BCUT2D eigenvalue weighted by Crippen LogP contribution is -2.36. The summed E-state index contributed by atoms with van der Waals surface area (Å²) in [7, 11) is 1.51. The second-order valence-electron chi connectivity index (χ2n) is 3.60. The third-order valence-corrected chi connectivity index (χ3v) is 2.72. The number of rotatable bonds is 6. The molecule has 0 bridgehead atoms. The number of benzene rings is 1. The van der Waals surface area contributed by atoms with Crippen molar-refractivity contribution in [2.75, 3.05) is 32.1 Å². The second kappa shape index (κ2) is 7.43. The molecule has 6 heteroatoms. The maximum absolute atomic E-state index is 13.5. The van der Waals surface area contributed by atoms with Crippen LogP contribution in [0.1, 0.15) is 10.4 Å². The Morgan fingerprint density at radius 2 is 2.11 bits per heavy atom. The van der Waals surface area contributed by atoms with Crippen molar-refractivity contribution in [3.63, 3.8) is 0 Å². The van der Waals surface area contributed by atoms with Crippen LogP contribution in [0.4, 0.5) is 8.78 Å². The molecular formula is C12H14BrF2NO2. The van der Waals surface area contributed by atoms with E-state index < -0.39 is 17.5 Å². The summed E-state index contributed by atoms with van der Waals surface area (Å²) >= 11 is 3.21. The number of alkyl halides is 1. The fraction of sp³-hybridized carbons (Fsp3) is 0.417. The number of amides is 1. The molecule has 0 N–H and O–H groups in total. The number of hydrogen-bond acceptors (Lipinski definition) is 2. The summed E-state index contributed by atoms with van der Waals surface area (Å²) in [6, 6.07) is 2.84. The van der Waals surface area contributed by atoms with Gasteiger partial charge < -0.3 is 9.64 Å². The van der Waals surface area contributed by atoms with Crippen LogP contribution in [0.5, 0.6) is 0 Å². The van der Waals surface area contributed by atoms with Gasteiger partial charge in [0, 0.05) is 25.5 Å². The van der Waals surface area contributed by atoms with Crippen molar-refractivity contribution in [2.45, 2.75) is 0 Å². The minimum Gasteiger partial charge on any atom is -0.383 e. The zero-order valence-corrected chi connectivity index (χ0v) is 11.5. The average molecular weight is 322 g/mol. The average Bonchev–Trinajstić information content (AvgIpc) is 2.36. The predicted molar refractivity (Wildman–Crippen MR) is 67.9 cm³/mol. The van der Waals surface area contributed by atoms with Gasteiger partial charge in [-0.25, -0.2) is 8.78 Å². The Hall–Kier alpha value is -1.01. The third kappa shape index (κ3) is 4.03. The number of ether oxygens (including phenoxy) is 1. The van der Waals surface area contributed by atoms with Crippen molar-refractivity contribution in [1.29, 1.82) is 0 Å². The van der Waals surface area contributed by atoms with Crippen LogP contribution >= 0.6 is 15.9 Å². The lowest BCUT2D eigenvalue weighted by Gasteiger charge is -2.21. The Kier molecular flexibility index (Phi) is 6.21. The van der Waals surface area contributed by atoms with Gasteiger partial charge >= 0.3 is 0 Å². The lowest BCUT2D eigenvalue weighted by atomic mass is 10.1. The van der Waals surface area contributed by atoms with Gasteiger partial charge in [0.15, 0.2) is 0 Å². The molecule has 0 heterocycles. The number of carbonyl (C=O) groups excluding carboxylic acids is 1. The first-order chi connectivity index (χ1) is 8.60. The Balaban J connectivity index is 2.90. The molecule has 0 fully saturated rings. The Bertz CT molecular complexity index is 415. The molecule has 18 heavy (non-hydrogen) atoms. The van der Waals surface area contributed by atoms with E-state index in [9.17, 15) is 13.6 Å². The molecule has 0 atom stereocenters. The minimum atomic E-state index is -0.724. The normalized spacial score (nSPS) is 10.4. The van der Waals surface area contributed by atoms with Gasteiger partial charge in [-0.2, -0.15) is 0 Å². The first-order valence-corrected chi connectivity index (χ1v) is 6.51. The summed E-state index contributed by atoms with van der Waals surface area (Å²) in [4.78, 5) is 13.5. The van der Waals surface area contributed by atoms with Gasteiger partial charge in [0.05, 0.1) is 12.2 Å². The molecule has 0 aliphatic carbocycles. The molecular weight excluding hydrogens is 308 g/mol. The minimum absolute atomic E-state index is 0.257. The predicted octanol–water partition coefficient (Wildman–Crippen LogP) is 2.45. The number of carbonyl (C=O) groups is 1. The standard InChI is InChI=1S/C12H14BrF2NO2/c1-18-7-6-16(5-4-13)12(17)10-8-9(14)2-3-11(10)15/h2-3,8H,4-7H2,1H3. The molecule has 1 aromatic rings. The molecule has 1 aromatic carbocycles. The quantitative estimate of drug-likeness (QED) is 0.753. The van der Waals surface area contributed by atoms with Gasteiger partial charge in [-0.3, -0.25) is 4.79 Å². The zero-order chi connectivity index (χ0) is 13.5. The van der Waals surface area contributed by atoms with Crippen LogP contribution in [0.15, 0.2) is 18.2 Å². The van der Waals surface area contributed by atoms with E-state index in [-0.39, 0.29) is 5.56 Å². The van der Waals surface area contributed by atoms with E-state index in [1.807, 2.05) is 0 Å². The monoisotopic (exact) mass is 321 g/mol. The zero-order valence-electron chi connectivity index (χ0n) is 9.96. The van der Waals surface area contributed by atoms with Crippen molar-refractivity contribution >= 4 is 21.8 Å².